The van der Waals surface area contributed by atoms with Crippen molar-refractivity contribution in [1.82, 2.24) is 9.55 Å². The number of imidazole rings is 1. The van der Waals surface area contributed by atoms with Gasteiger partial charge in [0.05, 0.1) is 18.7 Å². The van der Waals surface area contributed by atoms with E-state index in [1.54, 1.807) is 0 Å². The van der Waals surface area contributed by atoms with Crippen LogP contribution in [0, 0.1) is 0 Å². The van der Waals surface area contributed by atoms with Gasteiger partial charge in [-0.25, -0.2) is 4.98 Å². The quantitative estimate of drug-likeness (QED) is 0.714. The number of hydrogen-bond donors (Lipinski definition) is 0. The third-order valence-electron chi connectivity index (χ3n) is 3.58. The molecule has 0 saturated heterocycles. The van der Waals surface area contributed by atoms with Crippen molar-refractivity contribution in [3.63, 3.8) is 0 Å². The second-order valence-electron chi connectivity index (χ2n) is 4.69. The van der Waals surface area contributed by atoms with Crippen molar-refractivity contribution in [3.8, 4) is 0 Å². The summed E-state index contributed by atoms with van der Waals surface area (Å²) in [5.41, 5.74) is 1.06. The SMILES string of the molecule is COC(=O)C1CCCn2c1cnc2C1CC1. The molecule has 3 rings (SSSR count). The fourth-order valence-electron chi connectivity index (χ4n) is 2.58. The van der Waals surface area contributed by atoms with Crippen LogP contribution in [-0.2, 0) is 16.1 Å². The molecule has 1 fully saturated rings. The van der Waals surface area contributed by atoms with Crippen molar-refractivity contribution in [2.24, 2.45) is 0 Å². The third kappa shape index (κ3) is 1.44. The molecular formula is C12H16N2O2. The molecule has 4 nitrogen and oxygen atoms in total. The molecule has 1 aromatic heterocycles. The zero-order valence-corrected chi connectivity index (χ0v) is 9.48. The number of fused-ring (bicyclic) bond motifs is 1. The van der Waals surface area contributed by atoms with E-state index in [-0.39, 0.29) is 11.9 Å². The summed E-state index contributed by atoms with van der Waals surface area (Å²) in [5.74, 6) is 1.61. The molecule has 0 amide bonds. The van der Waals surface area contributed by atoms with Crippen LogP contribution in [0.25, 0.3) is 0 Å². The maximum atomic E-state index is 11.7. The summed E-state index contributed by atoms with van der Waals surface area (Å²) >= 11 is 0. The molecule has 1 aliphatic heterocycles. The van der Waals surface area contributed by atoms with Crippen LogP contribution in [0.4, 0.5) is 0 Å². The van der Waals surface area contributed by atoms with Gasteiger partial charge in [-0.3, -0.25) is 4.79 Å². The number of carbonyl (C=O) groups excluding carboxylic acids is 1. The van der Waals surface area contributed by atoms with Gasteiger partial charge in [-0.15, -0.1) is 0 Å². The summed E-state index contributed by atoms with van der Waals surface area (Å²) in [6.07, 6.45) is 6.30. The number of carbonyl (C=O) groups is 1. The van der Waals surface area contributed by atoms with Gasteiger partial charge in [0.25, 0.3) is 0 Å². The fourth-order valence-corrected chi connectivity index (χ4v) is 2.58. The van der Waals surface area contributed by atoms with Gasteiger partial charge in [-0.05, 0) is 25.7 Å². The largest absolute Gasteiger partial charge is 0.469 e. The Balaban J connectivity index is 1.96. The summed E-state index contributed by atoms with van der Waals surface area (Å²) in [4.78, 5) is 16.1. The van der Waals surface area contributed by atoms with E-state index in [2.05, 4.69) is 9.55 Å². The van der Waals surface area contributed by atoms with Gasteiger partial charge in [0.2, 0.25) is 0 Å². The molecule has 16 heavy (non-hydrogen) atoms. The summed E-state index contributed by atoms with van der Waals surface area (Å²) in [5, 5.41) is 0. The molecule has 86 valence electrons. The van der Waals surface area contributed by atoms with Gasteiger partial charge in [0, 0.05) is 18.7 Å². The van der Waals surface area contributed by atoms with E-state index in [0.717, 1.165) is 25.1 Å². The number of rotatable bonds is 2. The van der Waals surface area contributed by atoms with E-state index in [4.69, 9.17) is 4.74 Å². The second kappa shape index (κ2) is 3.61. The average Bonchev–Trinajstić information content (AvgIpc) is 3.07. The van der Waals surface area contributed by atoms with E-state index in [1.807, 2.05) is 6.20 Å². The number of aromatic nitrogens is 2. The van der Waals surface area contributed by atoms with Crippen LogP contribution >= 0.6 is 0 Å². The monoisotopic (exact) mass is 220 g/mol. The van der Waals surface area contributed by atoms with Crippen molar-refractivity contribution in [1.29, 1.82) is 0 Å². The first-order valence-corrected chi connectivity index (χ1v) is 5.94. The lowest BCUT2D eigenvalue weighted by Gasteiger charge is -2.23. The van der Waals surface area contributed by atoms with E-state index in [0.29, 0.717) is 5.92 Å². The molecule has 1 saturated carbocycles. The molecule has 0 aromatic carbocycles. The molecular weight excluding hydrogens is 204 g/mol. The third-order valence-corrected chi connectivity index (χ3v) is 3.58. The number of esters is 1. The first kappa shape index (κ1) is 9.87. The molecule has 0 bridgehead atoms. The highest BCUT2D eigenvalue weighted by Crippen LogP contribution is 2.41. The van der Waals surface area contributed by atoms with Crippen LogP contribution in [0.3, 0.4) is 0 Å². The van der Waals surface area contributed by atoms with Gasteiger partial charge in [0.15, 0.2) is 0 Å². The van der Waals surface area contributed by atoms with Crippen molar-refractivity contribution >= 4 is 5.97 Å². The molecule has 1 atom stereocenters. The lowest BCUT2D eigenvalue weighted by Crippen LogP contribution is -2.23. The van der Waals surface area contributed by atoms with Crippen LogP contribution in [-0.4, -0.2) is 22.6 Å². The summed E-state index contributed by atoms with van der Waals surface area (Å²) in [7, 11) is 1.46. The fraction of sp³-hybridized carbons (Fsp3) is 0.667. The predicted molar refractivity (Wildman–Crippen MR) is 58.2 cm³/mol. The number of ether oxygens (including phenoxy) is 1. The highest BCUT2D eigenvalue weighted by Gasteiger charge is 2.34. The van der Waals surface area contributed by atoms with Crippen molar-refractivity contribution in [2.75, 3.05) is 7.11 Å². The number of methoxy groups -OCH3 is 1. The predicted octanol–water partition coefficient (Wildman–Crippen LogP) is 1.81. The van der Waals surface area contributed by atoms with E-state index in [9.17, 15) is 4.79 Å². The highest BCUT2D eigenvalue weighted by atomic mass is 16.5. The molecule has 0 N–H and O–H groups in total. The average molecular weight is 220 g/mol. The number of hydrogen-bond acceptors (Lipinski definition) is 3. The standard InChI is InChI=1S/C12H16N2O2/c1-16-12(15)9-3-2-6-14-10(9)7-13-11(14)8-4-5-8/h7-9H,2-6H2,1H3. The van der Waals surface area contributed by atoms with Crippen LogP contribution < -0.4 is 0 Å². The molecule has 0 radical (unpaired) electrons. The zero-order valence-electron chi connectivity index (χ0n) is 9.48. The van der Waals surface area contributed by atoms with Gasteiger partial charge >= 0.3 is 5.97 Å². The van der Waals surface area contributed by atoms with Crippen molar-refractivity contribution in [2.45, 2.75) is 44.1 Å². The lowest BCUT2D eigenvalue weighted by atomic mass is 9.96. The minimum atomic E-state index is -0.122. The van der Waals surface area contributed by atoms with Crippen LogP contribution in [0.2, 0.25) is 0 Å². The van der Waals surface area contributed by atoms with Crippen molar-refractivity contribution in [3.05, 3.63) is 17.7 Å². The highest BCUT2D eigenvalue weighted by molar-refractivity contribution is 5.77. The Kier molecular flexibility index (Phi) is 2.23. The minimum Gasteiger partial charge on any atom is -0.469 e. The Morgan fingerprint density at radius 2 is 2.31 bits per heavy atom. The first-order valence-electron chi connectivity index (χ1n) is 5.94. The maximum absolute atomic E-state index is 11.7. The van der Waals surface area contributed by atoms with Crippen LogP contribution in [0.5, 0.6) is 0 Å². The van der Waals surface area contributed by atoms with Gasteiger partial charge in [-0.2, -0.15) is 0 Å². The maximum Gasteiger partial charge on any atom is 0.314 e. The van der Waals surface area contributed by atoms with Gasteiger partial charge in [-0.1, -0.05) is 0 Å². The molecule has 1 aromatic rings. The van der Waals surface area contributed by atoms with E-state index < -0.39 is 0 Å². The molecule has 2 heterocycles. The molecule has 0 spiro atoms. The molecule has 4 heteroatoms. The second-order valence-corrected chi connectivity index (χ2v) is 4.69. The lowest BCUT2D eigenvalue weighted by molar-refractivity contribution is -0.143. The Morgan fingerprint density at radius 1 is 1.50 bits per heavy atom. The van der Waals surface area contributed by atoms with Crippen LogP contribution in [0.1, 0.15) is 49.0 Å². The molecule has 1 unspecified atom stereocenters. The van der Waals surface area contributed by atoms with Crippen molar-refractivity contribution < 1.29 is 9.53 Å². The topological polar surface area (TPSA) is 44.1 Å². The Bertz CT molecular complexity index is 421. The molecule has 2 aliphatic rings. The van der Waals surface area contributed by atoms with Gasteiger partial charge in [0.1, 0.15) is 5.82 Å². The van der Waals surface area contributed by atoms with E-state index in [1.165, 1.54) is 25.8 Å². The Morgan fingerprint density at radius 3 is 3.00 bits per heavy atom. The number of nitrogens with zero attached hydrogens (tertiary/aromatic N) is 2. The Labute approximate surface area is 94.6 Å². The summed E-state index contributed by atoms with van der Waals surface area (Å²) in [6, 6.07) is 0. The summed E-state index contributed by atoms with van der Waals surface area (Å²) < 4.78 is 7.09. The molecule has 1 aliphatic carbocycles. The van der Waals surface area contributed by atoms with E-state index >= 15 is 0 Å². The normalized spacial score (nSPS) is 23.9. The zero-order chi connectivity index (χ0) is 11.1. The summed E-state index contributed by atoms with van der Waals surface area (Å²) in [6.45, 7) is 1.01. The van der Waals surface area contributed by atoms with Gasteiger partial charge < -0.3 is 9.30 Å². The van der Waals surface area contributed by atoms with Crippen LogP contribution in [0.15, 0.2) is 6.20 Å². The first-order chi connectivity index (χ1) is 7.81. The smallest absolute Gasteiger partial charge is 0.314 e. The Hall–Kier alpha value is -1.32. The minimum absolute atomic E-state index is 0.0984.